The van der Waals surface area contributed by atoms with Crippen molar-refractivity contribution in [3.05, 3.63) is 35.0 Å². The Hall–Kier alpha value is -1.81. The van der Waals surface area contributed by atoms with Crippen molar-refractivity contribution < 1.29 is 15.0 Å². The SMILES string of the molecule is Cc1cc(C(=O)O)c2c(c1)c(C(C)O)cn2C. The molecule has 0 aliphatic carbocycles. The van der Waals surface area contributed by atoms with Crippen LogP contribution in [0.3, 0.4) is 0 Å². The molecule has 0 saturated heterocycles. The van der Waals surface area contributed by atoms with Crippen LogP contribution < -0.4 is 0 Å². The van der Waals surface area contributed by atoms with E-state index in [-0.39, 0.29) is 5.56 Å². The molecule has 0 amide bonds. The number of fused-ring (bicyclic) bond motifs is 1. The fourth-order valence-electron chi connectivity index (χ4n) is 2.22. The topological polar surface area (TPSA) is 62.5 Å². The standard InChI is InChI=1S/C13H15NO3/c1-7-4-9-11(8(2)15)6-14(3)12(9)10(5-7)13(16)17/h4-6,8,15H,1-3H3,(H,16,17). The fourth-order valence-corrected chi connectivity index (χ4v) is 2.22. The van der Waals surface area contributed by atoms with Crippen LogP contribution in [-0.2, 0) is 7.05 Å². The van der Waals surface area contributed by atoms with Gasteiger partial charge >= 0.3 is 5.97 Å². The second-order valence-electron chi connectivity index (χ2n) is 4.39. The maximum Gasteiger partial charge on any atom is 0.337 e. The maximum atomic E-state index is 11.2. The zero-order chi connectivity index (χ0) is 12.7. The Morgan fingerprint density at radius 3 is 2.59 bits per heavy atom. The summed E-state index contributed by atoms with van der Waals surface area (Å²) >= 11 is 0. The summed E-state index contributed by atoms with van der Waals surface area (Å²) in [4.78, 5) is 11.2. The third kappa shape index (κ3) is 1.80. The number of aliphatic hydroxyl groups excluding tert-OH is 1. The summed E-state index contributed by atoms with van der Waals surface area (Å²) in [6.07, 6.45) is 1.17. The van der Waals surface area contributed by atoms with E-state index in [1.54, 1.807) is 30.8 Å². The van der Waals surface area contributed by atoms with Crippen LogP contribution in [0.25, 0.3) is 10.9 Å². The van der Waals surface area contributed by atoms with Gasteiger partial charge in [0.1, 0.15) is 0 Å². The number of rotatable bonds is 2. The van der Waals surface area contributed by atoms with Crippen molar-refractivity contribution in [3.8, 4) is 0 Å². The quantitative estimate of drug-likeness (QED) is 0.836. The number of benzene rings is 1. The summed E-state index contributed by atoms with van der Waals surface area (Å²) in [5, 5.41) is 19.7. The third-order valence-electron chi connectivity index (χ3n) is 2.93. The number of aromatic nitrogens is 1. The number of aryl methyl sites for hydroxylation is 2. The largest absolute Gasteiger partial charge is 0.478 e. The predicted octanol–water partition coefficient (Wildman–Crippen LogP) is 2.24. The van der Waals surface area contributed by atoms with Gasteiger partial charge in [-0.25, -0.2) is 4.79 Å². The lowest BCUT2D eigenvalue weighted by Crippen LogP contribution is -2.01. The molecular formula is C13H15NO3. The molecule has 1 aromatic heterocycles. The summed E-state index contributed by atoms with van der Waals surface area (Å²) in [5.41, 5.74) is 2.56. The van der Waals surface area contributed by atoms with Gasteiger partial charge in [-0.05, 0) is 31.5 Å². The number of hydrogen-bond acceptors (Lipinski definition) is 2. The molecule has 2 aromatic rings. The molecule has 17 heavy (non-hydrogen) atoms. The average molecular weight is 233 g/mol. The van der Waals surface area contributed by atoms with E-state index in [1.165, 1.54) is 0 Å². The normalized spacial score (nSPS) is 12.9. The van der Waals surface area contributed by atoms with Gasteiger partial charge in [0.15, 0.2) is 0 Å². The third-order valence-corrected chi connectivity index (χ3v) is 2.93. The lowest BCUT2D eigenvalue weighted by atomic mass is 10.0. The number of hydrogen-bond donors (Lipinski definition) is 2. The minimum absolute atomic E-state index is 0.273. The first-order valence-corrected chi connectivity index (χ1v) is 5.42. The van der Waals surface area contributed by atoms with E-state index in [0.717, 1.165) is 16.5 Å². The summed E-state index contributed by atoms with van der Waals surface area (Å²) in [6.45, 7) is 3.53. The van der Waals surface area contributed by atoms with Crippen molar-refractivity contribution in [1.82, 2.24) is 4.57 Å². The Labute approximate surface area is 99.1 Å². The summed E-state index contributed by atoms with van der Waals surface area (Å²) < 4.78 is 1.75. The zero-order valence-electron chi connectivity index (χ0n) is 10.1. The second-order valence-corrected chi connectivity index (χ2v) is 4.39. The monoisotopic (exact) mass is 233 g/mol. The minimum Gasteiger partial charge on any atom is -0.478 e. The molecule has 0 bridgehead atoms. The van der Waals surface area contributed by atoms with Gasteiger partial charge in [-0.2, -0.15) is 0 Å². The molecule has 0 saturated carbocycles. The van der Waals surface area contributed by atoms with Crippen LogP contribution in [0.2, 0.25) is 0 Å². The molecule has 2 N–H and O–H groups in total. The number of aromatic carboxylic acids is 1. The number of nitrogens with zero attached hydrogens (tertiary/aromatic N) is 1. The van der Waals surface area contributed by atoms with Crippen molar-refractivity contribution >= 4 is 16.9 Å². The lowest BCUT2D eigenvalue weighted by molar-refractivity contribution is 0.0698. The van der Waals surface area contributed by atoms with Crippen molar-refractivity contribution in [2.45, 2.75) is 20.0 Å². The molecule has 0 aliphatic heterocycles. The molecule has 90 valence electrons. The van der Waals surface area contributed by atoms with Gasteiger partial charge in [0.05, 0.1) is 17.2 Å². The highest BCUT2D eigenvalue weighted by Crippen LogP contribution is 2.29. The van der Waals surface area contributed by atoms with E-state index < -0.39 is 12.1 Å². The highest BCUT2D eigenvalue weighted by Gasteiger charge is 2.17. The highest BCUT2D eigenvalue weighted by molar-refractivity contribution is 6.03. The minimum atomic E-state index is -0.947. The molecule has 0 spiro atoms. The van der Waals surface area contributed by atoms with E-state index >= 15 is 0 Å². The van der Waals surface area contributed by atoms with E-state index in [2.05, 4.69) is 0 Å². The van der Waals surface area contributed by atoms with Crippen molar-refractivity contribution in [2.24, 2.45) is 7.05 Å². The summed E-state index contributed by atoms with van der Waals surface area (Å²) in [7, 11) is 1.79. The van der Waals surface area contributed by atoms with Crippen LogP contribution in [-0.4, -0.2) is 20.7 Å². The van der Waals surface area contributed by atoms with Crippen LogP contribution in [0.5, 0.6) is 0 Å². The first-order valence-electron chi connectivity index (χ1n) is 5.42. The molecule has 1 heterocycles. The van der Waals surface area contributed by atoms with Gasteiger partial charge in [-0.3, -0.25) is 0 Å². The molecular weight excluding hydrogens is 218 g/mol. The van der Waals surface area contributed by atoms with Crippen molar-refractivity contribution in [1.29, 1.82) is 0 Å². The number of carbonyl (C=O) groups is 1. The van der Waals surface area contributed by atoms with Gasteiger partial charge in [-0.15, -0.1) is 0 Å². The first-order chi connectivity index (χ1) is 7.91. The first kappa shape index (κ1) is 11.7. The van der Waals surface area contributed by atoms with Gasteiger partial charge in [0.25, 0.3) is 0 Å². The Morgan fingerprint density at radius 1 is 1.41 bits per heavy atom. The smallest absolute Gasteiger partial charge is 0.337 e. The molecule has 0 radical (unpaired) electrons. The molecule has 1 atom stereocenters. The fraction of sp³-hybridized carbons (Fsp3) is 0.308. The Bertz CT molecular complexity index is 596. The van der Waals surface area contributed by atoms with Crippen molar-refractivity contribution in [3.63, 3.8) is 0 Å². The molecule has 4 heteroatoms. The molecule has 0 fully saturated rings. The maximum absolute atomic E-state index is 11.2. The van der Waals surface area contributed by atoms with Crippen LogP contribution in [0.1, 0.15) is 34.5 Å². The lowest BCUT2D eigenvalue weighted by Gasteiger charge is -2.05. The molecule has 1 unspecified atom stereocenters. The molecule has 2 rings (SSSR count). The predicted molar refractivity (Wildman–Crippen MR) is 65.2 cm³/mol. The van der Waals surface area contributed by atoms with E-state index in [1.807, 2.05) is 13.0 Å². The highest BCUT2D eigenvalue weighted by atomic mass is 16.4. The molecule has 4 nitrogen and oxygen atoms in total. The van der Waals surface area contributed by atoms with Crippen LogP contribution in [0, 0.1) is 6.92 Å². The Balaban J connectivity index is 2.90. The second kappa shape index (κ2) is 3.89. The average Bonchev–Trinajstić information content (AvgIpc) is 2.54. The van der Waals surface area contributed by atoms with E-state index in [4.69, 9.17) is 0 Å². The van der Waals surface area contributed by atoms with E-state index in [0.29, 0.717) is 5.52 Å². The van der Waals surface area contributed by atoms with E-state index in [9.17, 15) is 15.0 Å². The van der Waals surface area contributed by atoms with Gasteiger partial charge in [-0.1, -0.05) is 0 Å². The Morgan fingerprint density at radius 2 is 2.06 bits per heavy atom. The van der Waals surface area contributed by atoms with Gasteiger partial charge in [0.2, 0.25) is 0 Å². The number of carboxylic acid groups (broad SMARTS) is 1. The summed E-state index contributed by atoms with van der Waals surface area (Å²) in [6, 6.07) is 3.56. The zero-order valence-corrected chi connectivity index (χ0v) is 10.1. The van der Waals surface area contributed by atoms with Gasteiger partial charge < -0.3 is 14.8 Å². The summed E-state index contributed by atoms with van der Waals surface area (Å²) in [5.74, 6) is -0.947. The molecule has 0 aliphatic rings. The van der Waals surface area contributed by atoms with Crippen molar-refractivity contribution in [2.75, 3.05) is 0 Å². The number of aliphatic hydroxyl groups is 1. The number of carboxylic acids is 1. The Kier molecular flexibility index (Phi) is 2.67. The van der Waals surface area contributed by atoms with Crippen LogP contribution in [0.4, 0.5) is 0 Å². The van der Waals surface area contributed by atoms with Crippen LogP contribution in [0.15, 0.2) is 18.3 Å². The van der Waals surface area contributed by atoms with Gasteiger partial charge in [0, 0.05) is 24.2 Å². The van der Waals surface area contributed by atoms with Crippen LogP contribution >= 0.6 is 0 Å². The molecule has 1 aromatic carbocycles.